The SMILES string of the molecule is Cn1cc(C2(CN)CCCCC2)cn1. The first kappa shape index (κ1) is 9.71. The molecule has 1 aromatic heterocycles. The minimum Gasteiger partial charge on any atom is -0.330 e. The zero-order chi connectivity index (χ0) is 10.0. The maximum Gasteiger partial charge on any atom is 0.0527 e. The lowest BCUT2D eigenvalue weighted by Gasteiger charge is -2.35. The van der Waals surface area contributed by atoms with Crippen molar-refractivity contribution in [3.8, 4) is 0 Å². The Labute approximate surface area is 85.3 Å². The Morgan fingerprint density at radius 3 is 2.64 bits per heavy atom. The molecule has 1 aliphatic carbocycles. The smallest absolute Gasteiger partial charge is 0.0527 e. The highest BCUT2D eigenvalue weighted by molar-refractivity contribution is 5.21. The molecule has 0 aliphatic heterocycles. The van der Waals surface area contributed by atoms with Gasteiger partial charge in [0, 0.05) is 25.2 Å². The van der Waals surface area contributed by atoms with Gasteiger partial charge in [-0.3, -0.25) is 4.68 Å². The fourth-order valence-corrected chi connectivity index (χ4v) is 2.53. The van der Waals surface area contributed by atoms with Crippen LogP contribution in [0.15, 0.2) is 12.4 Å². The van der Waals surface area contributed by atoms with Gasteiger partial charge < -0.3 is 5.73 Å². The highest BCUT2D eigenvalue weighted by Crippen LogP contribution is 2.38. The fourth-order valence-electron chi connectivity index (χ4n) is 2.53. The summed E-state index contributed by atoms with van der Waals surface area (Å²) in [7, 11) is 1.97. The number of hydrogen-bond acceptors (Lipinski definition) is 2. The molecule has 1 aromatic rings. The van der Waals surface area contributed by atoms with Crippen molar-refractivity contribution in [2.75, 3.05) is 6.54 Å². The van der Waals surface area contributed by atoms with Crippen LogP contribution in [-0.4, -0.2) is 16.3 Å². The molecule has 2 rings (SSSR count). The zero-order valence-corrected chi connectivity index (χ0v) is 8.87. The van der Waals surface area contributed by atoms with Gasteiger partial charge in [0.1, 0.15) is 0 Å². The summed E-state index contributed by atoms with van der Waals surface area (Å²) in [5.41, 5.74) is 7.51. The Kier molecular flexibility index (Phi) is 2.59. The van der Waals surface area contributed by atoms with E-state index in [-0.39, 0.29) is 5.41 Å². The Bertz CT molecular complexity index is 297. The molecule has 0 radical (unpaired) electrons. The van der Waals surface area contributed by atoms with Crippen LogP contribution < -0.4 is 5.73 Å². The highest BCUT2D eigenvalue weighted by Gasteiger charge is 2.33. The molecule has 78 valence electrons. The van der Waals surface area contributed by atoms with Gasteiger partial charge in [-0.2, -0.15) is 5.10 Å². The molecule has 2 N–H and O–H groups in total. The molecule has 3 nitrogen and oxygen atoms in total. The summed E-state index contributed by atoms with van der Waals surface area (Å²) in [5, 5.41) is 4.25. The summed E-state index contributed by atoms with van der Waals surface area (Å²) in [4.78, 5) is 0. The summed E-state index contributed by atoms with van der Waals surface area (Å²) in [6.07, 6.45) is 10.6. The molecule has 14 heavy (non-hydrogen) atoms. The van der Waals surface area contributed by atoms with E-state index in [0.717, 1.165) is 6.54 Å². The summed E-state index contributed by atoms with van der Waals surface area (Å²) in [6.45, 7) is 0.763. The van der Waals surface area contributed by atoms with Gasteiger partial charge >= 0.3 is 0 Å². The van der Waals surface area contributed by atoms with E-state index in [1.165, 1.54) is 37.7 Å². The number of hydrogen-bond donors (Lipinski definition) is 1. The average Bonchev–Trinajstić information content (AvgIpc) is 2.66. The van der Waals surface area contributed by atoms with Crippen LogP contribution in [0.2, 0.25) is 0 Å². The number of rotatable bonds is 2. The van der Waals surface area contributed by atoms with Gasteiger partial charge in [-0.25, -0.2) is 0 Å². The van der Waals surface area contributed by atoms with E-state index in [1.54, 1.807) is 0 Å². The Hall–Kier alpha value is -0.830. The van der Waals surface area contributed by atoms with Crippen molar-refractivity contribution in [3.05, 3.63) is 18.0 Å². The van der Waals surface area contributed by atoms with E-state index < -0.39 is 0 Å². The molecular weight excluding hydrogens is 174 g/mol. The van der Waals surface area contributed by atoms with Crippen molar-refractivity contribution in [3.63, 3.8) is 0 Å². The minimum absolute atomic E-state index is 0.229. The number of aryl methyl sites for hydroxylation is 1. The normalized spacial score (nSPS) is 21.0. The quantitative estimate of drug-likeness (QED) is 0.775. The Morgan fingerprint density at radius 2 is 2.14 bits per heavy atom. The standard InChI is InChI=1S/C11H19N3/c1-14-8-10(7-13-14)11(9-12)5-3-2-4-6-11/h7-8H,2-6,9,12H2,1H3. The largest absolute Gasteiger partial charge is 0.330 e. The van der Waals surface area contributed by atoms with E-state index in [2.05, 4.69) is 11.3 Å². The number of nitrogens with two attached hydrogens (primary N) is 1. The minimum atomic E-state index is 0.229. The van der Waals surface area contributed by atoms with E-state index in [0.29, 0.717) is 0 Å². The van der Waals surface area contributed by atoms with Crippen LogP contribution in [0.1, 0.15) is 37.7 Å². The van der Waals surface area contributed by atoms with Crippen LogP contribution in [0.4, 0.5) is 0 Å². The molecule has 0 unspecified atom stereocenters. The molecule has 1 saturated carbocycles. The van der Waals surface area contributed by atoms with Crippen molar-refractivity contribution < 1.29 is 0 Å². The summed E-state index contributed by atoms with van der Waals surface area (Å²) >= 11 is 0. The van der Waals surface area contributed by atoms with E-state index >= 15 is 0 Å². The summed E-state index contributed by atoms with van der Waals surface area (Å²) < 4.78 is 1.88. The van der Waals surface area contributed by atoms with Gasteiger partial charge in [0.15, 0.2) is 0 Å². The van der Waals surface area contributed by atoms with Crippen LogP contribution in [-0.2, 0) is 12.5 Å². The van der Waals surface area contributed by atoms with Gasteiger partial charge in [-0.1, -0.05) is 19.3 Å². The third-order valence-corrected chi connectivity index (χ3v) is 3.52. The van der Waals surface area contributed by atoms with Crippen LogP contribution in [0.5, 0.6) is 0 Å². The molecule has 0 bridgehead atoms. The van der Waals surface area contributed by atoms with Crippen LogP contribution in [0.25, 0.3) is 0 Å². The average molecular weight is 193 g/mol. The highest BCUT2D eigenvalue weighted by atomic mass is 15.2. The molecule has 0 aromatic carbocycles. The van der Waals surface area contributed by atoms with Gasteiger partial charge in [0.05, 0.1) is 6.20 Å². The third-order valence-electron chi connectivity index (χ3n) is 3.52. The second kappa shape index (κ2) is 3.73. The molecule has 1 aliphatic rings. The molecular formula is C11H19N3. The van der Waals surface area contributed by atoms with Crippen molar-refractivity contribution in [1.29, 1.82) is 0 Å². The van der Waals surface area contributed by atoms with Gasteiger partial charge in [0.2, 0.25) is 0 Å². The van der Waals surface area contributed by atoms with Gasteiger partial charge in [-0.15, -0.1) is 0 Å². The predicted molar refractivity (Wildman–Crippen MR) is 57.0 cm³/mol. The lowest BCUT2D eigenvalue weighted by molar-refractivity contribution is 0.300. The fraction of sp³-hybridized carbons (Fsp3) is 0.727. The molecule has 0 amide bonds. The second-order valence-corrected chi connectivity index (χ2v) is 4.45. The Balaban J connectivity index is 2.26. The van der Waals surface area contributed by atoms with Crippen LogP contribution in [0.3, 0.4) is 0 Å². The van der Waals surface area contributed by atoms with Crippen molar-refractivity contribution in [1.82, 2.24) is 9.78 Å². The van der Waals surface area contributed by atoms with E-state index in [1.807, 2.05) is 17.9 Å². The number of nitrogens with zero attached hydrogens (tertiary/aromatic N) is 2. The van der Waals surface area contributed by atoms with Gasteiger partial charge in [-0.05, 0) is 18.4 Å². The van der Waals surface area contributed by atoms with Crippen molar-refractivity contribution in [2.24, 2.45) is 12.8 Å². The molecule has 1 fully saturated rings. The monoisotopic (exact) mass is 193 g/mol. The second-order valence-electron chi connectivity index (χ2n) is 4.45. The molecule has 3 heteroatoms. The lowest BCUT2D eigenvalue weighted by atomic mass is 9.70. The summed E-state index contributed by atoms with van der Waals surface area (Å²) in [6, 6.07) is 0. The zero-order valence-electron chi connectivity index (χ0n) is 8.87. The predicted octanol–water partition coefficient (Wildman–Crippen LogP) is 1.58. The Morgan fingerprint density at radius 1 is 1.43 bits per heavy atom. The molecule has 1 heterocycles. The van der Waals surface area contributed by atoms with Crippen molar-refractivity contribution in [2.45, 2.75) is 37.5 Å². The molecule has 0 saturated heterocycles. The maximum absolute atomic E-state index is 5.94. The van der Waals surface area contributed by atoms with E-state index in [4.69, 9.17) is 5.73 Å². The van der Waals surface area contributed by atoms with Gasteiger partial charge in [0.25, 0.3) is 0 Å². The first-order chi connectivity index (χ1) is 6.77. The molecule has 0 spiro atoms. The molecule has 0 atom stereocenters. The lowest BCUT2D eigenvalue weighted by Crippen LogP contribution is -2.36. The van der Waals surface area contributed by atoms with Crippen LogP contribution >= 0.6 is 0 Å². The maximum atomic E-state index is 5.94. The first-order valence-electron chi connectivity index (χ1n) is 5.46. The van der Waals surface area contributed by atoms with E-state index in [9.17, 15) is 0 Å². The third kappa shape index (κ3) is 1.57. The van der Waals surface area contributed by atoms with Crippen LogP contribution in [0, 0.1) is 0 Å². The topological polar surface area (TPSA) is 43.8 Å². The number of aromatic nitrogens is 2. The van der Waals surface area contributed by atoms with Crippen molar-refractivity contribution >= 4 is 0 Å². The summed E-state index contributed by atoms with van der Waals surface area (Å²) in [5.74, 6) is 0. The first-order valence-corrected chi connectivity index (χ1v) is 5.46.